The van der Waals surface area contributed by atoms with Crippen LogP contribution in [0.5, 0.6) is 0 Å². The molecule has 0 radical (unpaired) electrons. The zero-order valence-electron chi connectivity index (χ0n) is 13.9. The number of aryl methyl sites for hydroxylation is 1. The molecule has 5 nitrogen and oxygen atoms in total. The van der Waals surface area contributed by atoms with Gasteiger partial charge < -0.3 is 15.8 Å². The van der Waals surface area contributed by atoms with Crippen LogP contribution in [0, 0.1) is 12.7 Å². The highest BCUT2D eigenvalue weighted by Gasteiger charge is 2.08. The molecule has 0 aliphatic carbocycles. The highest BCUT2D eigenvalue weighted by atomic mass is 19.1. The third-order valence-electron chi connectivity index (χ3n) is 4.02. The Morgan fingerprint density at radius 3 is 2.91 bits per heavy atom. The van der Waals surface area contributed by atoms with Crippen LogP contribution in [-0.4, -0.2) is 56.8 Å². The molecule has 1 aromatic carbocycles. The Labute approximate surface area is 137 Å². The number of nitrogens with two attached hydrogens (primary N) is 1. The maximum Gasteiger partial charge on any atom is 0.188 e. The van der Waals surface area contributed by atoms with E-state index in [0.29, 0.717) is 12.5 Å². The number of rotatable bonds is 7. The van der Waals surface area contributed by atoms with E-state index in [-0.39, 0.29) is 5.82 Å². The number of nitrogens with one attached hydrogen (secondary N) is 1. The molecule has 0 bridgehead atoms. The summed E-state index contributed by atoms with van der Waals surface area (Å²) in [4.78, 5) is 6.73. The lowest BCUT2D eigenvalue weighted by atomic mass is 10.1. The summed E-state index contributed by atoms with van der Waals surface area (Å²) in [5, 5.41) is 3.11. The Morgan fingerprint density at radius 1 is 1.39 bits per heavy atom. The maximum absolute atomic E-state index is 13.0. The van der Waals surface area contributed by atoms with Gasteiger partial charge in [-0.25, -0.2) is 4.39 Å². The molecule has 0 saturated carbocycles. The predicted molar refractivity (Wildman–Crippen MR) is 91.2 cm³/mol. The second kappa shape index (κ2) is 9.47. The van der Waals surface area contributed by atoms with Crippen LogP contribution in [0.2, 0.25) is 0 Å². The van der Waals surface area contributed by atoms with Crippen LogP contribution in [-0.2, 0) is 11.2 Å². The average Bonchev–Trinajstić information content (AvgIpc) is 2.55. The lowest BCUT2D eigenvalue weighted by Crippen LogP contribution is -2.37. The van der Waals surface area contributed by atoms with Gasteiger partial charge in [-0.3, -0.25) is 9.89 Å². The number of nitrogens with zero attached hydrogens (tertiary/aromatic N) is 2. The van der Waals surface area contributed by atoms with Crippen molar-refractivity contribution in [3.63, 3.8) is 0 Å². The number of ether oxygens (including phenoxy) is 1. The third-order valence-corrected chi connectivity index (χ3v) is 4.02. The minimum absolute atomic E-state index is 0.194. The fraction of sp³-hybridized carbons (Fsp3) is 0.588. The van der Waals surface area contributed by atoms with Gasteiger partial charge in [0.25, 0.3) is 0 Å². The highest BCUT2D eigenvalue weighted by molar-refractivity contribution is 5.77. The molecule has 0 spiro atoms. The average molecular weight is 322 g/mol. The topological polar surface area (TPSA) is 62.9 Å². The fourth-order valence-electron chi connectivity index (χ4n) is 2.64. The zero-order chi connectivity index (χ0) is 16.5. The Hall–Kier alpha value is -1.66. The van der Waals surface area contributed by atoms with Crippen LogP contribution in [0.4, 0.5) is 4.39 Å². The van der Waals surface area contributed by atoms with E-state index in [4.69, 9.17) is 10.5 Å². The summed E-state index contributed by atoms with van der Waals surface area (Å²) in [6.07, 6.45) is 1.80. The van der Waals surface area contributed by atoms with E-state index in [1.807, 2.05) is 13.0 Å². The monoisotopic (exact) mass is 322 g/mol. The first-order valence-electron chi connectivity index (χ1n) is 8.24. The third kappa shape index (κ3) is 6.54. The van der Waals surface area contributed by atoms with Crippen molar-refractivity contribution in [2.24, 2.45) is 10.7 Å². The van der Waals surface area contributed by atoms with E-state index in [9.17, 15) is 4.39 Å². The molecule has 1 aliphatic rings. The quantitative estimate of drug-likeness (QED) is 0.451. The van der Waals surface area contributed by atoms with Crippen LogP contribution in [0.15, 0.2) is 23.2 Å². The molecule has 1 fully saturated rings. The molecule has 23 heavy (non-hydrogen) atoms. The van der Waals surface area contributed by atoms with E-state index in [1.165, 1.54) is 6.07 Å². The van der Waals surface area contributed by atoms with Gasteiger partial charge in [0.05, 0.1) is 13.2 Å². The molecule has 1 aliphatic heterocycles. The Morgan fingerprint density at radius 2 is 2.17 bits per heavy atom. The van der Waals surface area contributed by atoms with Gasteiger partial charge >= 0.3 is 0 Å². The van der Waals surface area contributed by atoms with E-state index < -0.39 is 0 Å². The Balaban J connectivity index is 1.60. The lowest BCUT2D eigenvalue weighted by Gasteiger charge is -2.26. The van der Waals surface area contributed by atoms with Gasteiger partial charge in [-0.2, -0.15) is 0 Å². The first-order chi connectivity index (χ1) is 11.1. The molecular weight excluding hydrogens is 295 g/mol. The van der Waals surface area contributed by atoms with Gasteiger partial charge in [-0.1, -0.05) is 6.07 Å². The summed E-state index contributed by atoms with van der Waals surface area (Å²) in [7, 11) is 0. The summed E-state index contributed by atoms with van der Waals surface area (Å²) in [5.74, 6) is 0.285. The standard InChI is InChI=1S/C17H27FN4O/c1-14-13-16(18)4-3-15(14)5-7-21-17(19)20-6-2-8-22-9-11-23-12-10-22/h3-4,13H,2,5-12H2,1H3,(H3,19,20,21). The first kappa shape index (κ1) is 17.7. The van der Waals surface area contributed by atoms with Gasteiger partial charge in [0.15, 0.2) is 5.96 Å². The molecule has 0 atom stereocenters. The molecule has 0 amide bonds. The number of guanidine groups is 1. The van der Waals surface area contributed by atoms with Crippen molar-refractivity contribution in [1.82, 2.24) is 10.2 Å². The SMILES string of the molecule is Cc1cc(F)ccc1CCNC(N)=NCCCN1CCOCC1. The van der Waals surface area contributed by atoms with Crippen LogP contribution >= 0.6 is 0 Å². The smallest absolute Gasteiger partial charge is 0.188 e. The zero-order valence-corrected chi connectivity index (χ0v) is 13.9. The van der Waals surface area contributed by atoms with Crippen LogP contribution < -0.4 is 11.1 Å². The maximum atomic E-state index is 13.0. The molecule has 6 heteroatoms. The van der Waals surface area contributed by atoms with Gasteiger partial charge in [-0.05, 0) is 43.0 Å². The Kier molecular flexibility index (Phi) is 7.29. The van der Waals surface area contributed by atoms with Crippen molar-refractivity contribution >= 4 is 5.96 Å². The van der Waals surface area contributed by atoms with Crippen LogP contribution in [0.1, 0.15) is 17.5 Å². The largest absolute Gasteiger partial charge is 0.379 e. The summed E-state index contributed by atoms with van der Waals surface area (Å²) in [6.45, 7) is 8.06. The number of benzene rings is 1. The normalized spacial score (nSPS) is 16.5. The number of hydrogen-bond donors (Lipinski definition) is 2. The minimum Gasteiger partial charge on any atom is -0.379 e. The van der Waals surface area contributed by atoms with E-state index in [1.54, 1.807) is 6.07 Å². The van der Waals surface area contributed by atoms with Gasteiger partial charge in [0.1, 0.15) is 5.82 Å². The van der Waals surface area contributed by atoms with Crippen molar-refractivity contribution in [3.8, 4) is 0 Å². The Bertz CT molecular complexity index is 515. The molecule has 3 N–H and O–H groups in total. The van der Waals surface area contributed by atoms with Crippen molar-refractivity contribution in [1.29, 1.82) is 0 Å². The van der Waals surface area contributed by atoms with E-state index in [0.717, 1.165) is 63.4 Å². The van der Waals surface area contributed by atoms with Crippen molar-refractivity contribution in [3.05, 3.63) is 35.1 Å². The number of halogens is 1. The second-order valence-electron chi connectivity index (χ2n) is 5.82. The molecule has 1 aromatic rings. The van der Waals surface area contributed by atoms with Gasteiger partial charge in [0.2, 0.25) is 0 Å². The number of morpholine rings is 1. The summed E-state index contributed by atoms with van der Waals surface area (Å²) in [5.41, 5.74) is 7.95. The summed E-state index contributed by atoms with van der Waals surface area (Å²) in [6, 6.07) is 4.87. The van der Waals surface area contributed by atoms with Crippen molar-refractivity contribution in [2.45, 2.75) is 19.8 Å². The molecule has 1 saturated heterocycles. The summed E-state index contributed by atoms with van der Waals surface area (Å²) < 4.78 is 18.4. The van der Waals surface area contributed by atoms with Crippen LogP contribution in [0.25, 0.3) is 0 Å². The number of aliphatic imine (C=N–C) groups is 1. The van der Waals surface area contributed by atoms with Crippen molar-refractivity contribution < 1.29 is 9.13 Å². The minimum atomic E-state index is -0.194. The molecular formula is C17H27FN4O. The predicted octanol–water partition coefficient (Wildman–Crippen LogP) is 1.30. The molecule has 0 aromatic heterocycles. The molecule has 2 rings (SSSR count). The highest BCUT2D eigenvalue weighted by Crippen LogP contribution is 2.10. The first-order valence-corrected chi connectivity index (χ1v) is 8.24. The molecule has 128 valence electrons. The molecule has 0 unspecified atom stereocenters. The lowest BCUT2D eigenvalue weighted by molar-refractivity contribution is 0.0377. The van der Waals surface area contributed by atoms with E-state index >= 15 is 0 Å². The van der Waals surface area contributed by atoms with Gasteiger partial charge in [0, 0.05) is 32.7 Å². The fourth-order valence-corrected chi connectivity index (χ4v) is 2.64. The van der Waals surface area contributed by atoms with E-state index in [2.05, 4.69) is 15.2 Å². The van der Waals surface area contributed by atoms with Crippen LogP contribution in [0.3, 0.4) is 0 Å². The summed E-state index contributed by atoms with van der Waals surface area (Å²) >= 11 is 0. The molecule has 1 heterocycles. The van der Waals surface area contributed by atoms with Gasteiger partial charge in [-0.15, -0.1) is 0 Å². The van der Waals surface area contributed by atoms with Crippen molar-refractivity contribution in [2.75, 3.05) is 45.9 Å². The second-order valence-corrected chi connectivity index (χ2v) is 5.82. The number of hydrogen-bond acceptors (Lipinski definition) is 3.